The van der Waals surface area contributed by atoms with Crippen molar-refractivity contribution in [2.75, 3.05) is 13.2 Å². The number of aromatic nitrogens is 1. The van der Waals surface area contributed by atoms with E-state index in [0.717, 1.165) is 37.1 Å². The van der Waals surface area contributed by atoms with Gasteiger partial charge in [-0.3, -0.25) is 4.79 Å². The number of likely N-dealkylation sites (tertiary alicyclic amines) is 1. The van der Waals surface area contributed by atoms with Crippen LogP contribution in [0.2, 0.25) is 0 Å². The second kappa shape index (κ2) is 6.83. The highest BCUT2D eigenvalue weighted by atomic mass is 32.1. The first-order chi connectivity index (χ1) is 9.63. The van der Waals surface area contributed by atoms with Gasteiger partial charge in [0.1, 0.15) is 5.69 Å². The van der Waals surface area contributed by atoms with Crippen LogP contribution in [-0.4, -0.2) is 41.0 Å². The summed E-state index contributed by atoms with van der Waals surface area (Å²) in [5, 5.41) is 1.89. The minimum Gasteiger partial charge on any atom is -0.461 e. The smallest absolute Gasteiger partial charge is 0.367 e. The van der Waals surface area contributed by atoms with Crippen LogP contribution in [0.5, 0.6) is 0 Å². The number of thiazole rings is 1. The Labute approximate surface area is 122 Å². The molecule has 2 rings (SSSR count). The molecule has 1 fully saturated rings. The summed E-state index contributed by atoms with van der Waals surface area (Å²) < 4.78 is 4.89. The molecule has 5 nitrogen and oxygen atoms in total. The van der Waals surface area contributed by atoms with Gasteiger partial charge in [0.25, 0.3) is 5.91 Å². The highest BCUT2D eigenvalue weighted by Crippen LogP contribution is 2.20. The number of carbonyl (C=O) groups excluding carboxylic acids is 2. The summed E-state index contributed by atoms with van der Waals surface area (Å²) in [6, 6.07) is 0.234. The van der Waals surface area contributed by atoms with Crippen LogP contribution in [0.3, 0.4) is 0 Å². The van der Waals surface area contributed by atoms with Crippen LogP contribution in [0.15, 0.2) is 5.38 Å². The summed E-state index contributed by atoms with van der Waals surface area (Å²) in [6.45, 7) is 4.90. The van der Waals surface area contributed by atoms with Crippen LogP contribution in [0.4, 0.5) is 0 Å². The van der Waals surface area contributed by atoms with E-state index in [-0.39, 0.29) is 17.0 Å². The minimum atomic E-state index is -0.458. The number of amides is 1. The molecule has 1 aliphatic heterocycles. The third-order valence-corrected chi connectivity index (χ3v) is 4.31. The van der Waals surface area contributed by atoms with Crippen molar-refractivity contribution in [1.29, 1.82) is 0 Å². The molecule has 1 aromatic heterocycles. The molecule has 0 aliphatic carbocycles. The Balaban J connectivity index is 2.10. The van der Waals surface area contributed by atoms with Crippen LogP contribution in [0.1, 0.15) is 59.8 Å². The van der Waals surface area contributed by atoms with E-state index in [0.29, 0.717) is 12.3 Å². The number of carbonyl (C=O) groups is 2. The van der Waals surface area contributed by atoms with E-state index in [9.17, 15) is 9.59 Å². The van der Waals surface area contributed by atoms with Gasteiger partial charge < -0.3 is 9.64 Å². The molecule has 1 saturated heterocycles. The van der Waals surface area contributed by atoms with Gasteiger partial charge in [0, 0.05) is 18.0 Å². The Morgan fingerprint density at radius 1 is 1.45 bits per heavy atom. The lowest BCUT2D eigenvalue weighted by Gasteiger charge is -2.26. The van der Waals surface area contributed by atoms with Gasteiger partial charge in [0.2, 0.25) is 5.01 Å². The first kappa shape index (κ1) is 15.0. The summed E-state index contributed by atoms with van der Waals surface area (Å²) >= 11 is 1.16. The van der Waals surface area contributed by atoms with Gasteiger partial charge in [0.15, 0.2) is 0 Å². The van der Waals surface area contributed by atoms with Gasteiger partial charge in [-0.15, -0.1) is 11.3 Å². The molecule has 20 heavy (non-hydrogen) atoms. The molecule has 0 saturated carbocycles. The largest absolute Gasteiger partial charge is 0.461 e. The zero-order valence-corrected chi connectivity index (χ0v) is 12.7. The van der Waals surface area contributed by atoms with Gasteiger partial charge in [0.05, 0.1) is 6.61 Å². The van der Waals surface area contributed by atoms with E-state index < -0.39 is 5.97 Å². The Bertz CT molecular complexity index is 487. The number of hydrogen-bond acceptors (Lipinski definition) is 5. The van der Waals surface area contributed by atoms with Crippen LogP contribution >= 0.6 is 11.3 Å². The summed E-state index contributed by atoms with van der Waals surface area (Å²) in [7, 11) is 0. The fourth-order valence-corrected chi connectivity index (χ4v) is 3.07. The fraction of sp³-hybridized carbons (Fsp3) is 0.643. The first-order valence-electron chi connectivity index (χ1n) is 7.07. The maximum Gasteiger partial charge on any atom is 0.367 e. The Morgan fingerprint density at radius 2 is 2.25 bits per heavy atom. The van der Waals surface area contributed by atoms with Crippen molar-refractivity contribution < 1.29 is 14.3 Å². The highest BCUT2D eigenvalue weighted by molar-refractivity contribution is 7.11. The Hall–Kier alpha value is -1.43. The van der Waals surface area contributed by atoms with Gasteiger partial charge in [-0.1, -0.05) is 12.8 Å². The molecular weight excluding hydrogens is 276 g/mol. The molecule has 0 aromatic carbocycles. The molecule has 0 N–H and O–H groups in total. The molecule has 110 valence electrons. The normalized spacial score (nSPS) is 19.5. The van der Waals surface area contributed by atoms with Crippen molar-refractivity contribution >= 4 is 23.2 Å². The van der Waals surface area contributed by atoms with E-state index in [1.807, 2.05) is 4.90 Å². The molecule has 1 amide bonds. The maximum atomic E-state index is 12.5. The lowest BCUT2D eigenvalue weighted by Crippen LogP contribution is -2.38. The average Bonchev–Trinajstić information content (AvgIpc) is 2.82. The van der Waals surface area contributed by atoms with Crippen molar-refractivity contribution in [3.8, 4) is 0 Å². The predicted molar refractivity (Wildman–Crippen MR) is 77.0 cm³/mol. The Kier molecular flexibility index (Phi) is 5.11. The van der Waals surface area contributed by atoms with E-state index in [2.05, 4.69) is 11.9 Å². The van der Waals surface area contributed by atoms with Crippen molar-refractivity contribution in [2.24, 2.45) is 0 Å². The molecule has 1 aliphatic rings. The second-order valence-electron chi connectivity index (χ2n) is 4.96. The zero-order chi connectivity index (χ0) is 14.5. The topological polar surface area (TPSA) is 59.5 Å². The van der Waals surface area contributed by atoms with E-state index in [4.69, 9.17) is 4.74 Å². The summed E-state index contributed by atoms with van der Waals surface area (Å²) in [6.07, 6.45) is 4.39. The quantitative estimate of drug-likeness (QED) is 0.805. The third-order valence-electron chi connectivity index (χ3n) is 3.49. The van der Waals surface area contributed by atoms with Crippen molar-refractivity contribution in [3.05, 3.63) is 16.1 Å². The zero-order valence-electron chi connectivity index (χ0n) is 11.9. The van der Waals surface area contributed by atoms with Crippen LogP contribution < -0.4 is 0 Å². The van der Waals surface area contributed by atoms with E-state index in [1.54, 1.807) is 12.3 Å². The van der Waals surface area contributed by atoms with Crippen LogP contribution in [-0.2, 0) is 4.74 Å². The number of hydrogen-bond donors (Lipinski definition) is 0. The number of rotatable bonds is 3. The molecule has 2 heterocycles. The first-order valence-corrected chi connectivity index (χ1v) is 7.95. The molecule has 0 spiro atoms. The van der Waals surface area contributed by atoms with Gasteiger partial charge in [-0.2, -0.15) is 0 Å². The molecule has 1 aromatic rings. The SMILES string of the molecule is CCOC(=O)c1nc(C(=O)N2CCCCCC2C)cs1. The standard InChI is InChI=1S/C14H20N2O3S/c1-3-19-14(18)12-15-11(9-20-12)13(17)16-8-6-4-5-7-10(16)2/h9-10H,3-8H2,1-2H3. The predicted octanol–water partition coefficient (Wildman–Crippen LogP) is 2.72. The third kappa shape index (κ3) is 3.36. The van der Waals surface area contributed by atoms with Gasteiger partial charge in [-0.05, 0) is 26.7 Å². The average molecular weight is 296 g/mol. The Morgan fingerprint density at radius 3 is 3.00 bits per heavy atom. The monoisotopic (exact) mass is 296 g/mol. The molecule has 0 radical (unpaired) electrons. The molecule has 1 atom stereocenters. The lowest BCUT2D eigenvalue weighted by molar-refractivity contribution is 0.0526. The number of ether oxygens (including phenoxy) is 1. The number of nitrogens with zero attached hydrogens (tertiary/aromatic N) is 2. The van der Waals surface area contributed by atoms with E-state index >= 15 is 0 Å². The summed E-state index contributed by atoms with van der Waals surface area (Å²) in [4.78, 5) is 30.0. The summed E-state index contributed by atoms with van der Waals surface area (Å²) in [5.41, 5.74) is 0.354. The van der Waals surface area contributed by atoms with Gasteiger partial charge >= 0.3 is 5.97 Å². The van der Waals surface area contributed by atoms with Crippen LogP contribution in [0.25, 0.3) is 0 Å². The van der Waals surface area contributed by atoms with Gasteiger partial charge in [-0.25, -0.2) is 9.78 Å². The van der Waals surface area contributed by atoms with Crippen LogP contribution in [0, 0.1) is 0 Å². The lowest BCUT2D eigenvalue weighted by atomic mass is 10.1. The molecule has 6 heteroatoms. The second-order valence-corrected chi connectivity index (χ2v) is 5.81. The van der Waals surface area contributed by atoms with Crippen molar-refractivity contribution in [1.82, 2.24) is 9.88 Å². The minimum absolute atomic E-state index is 0.0776. The molecule has 0 bridgehead atoms. The highest BCUT2D eigenvalue weighted by Gasteiger charge is 2.25. The maximum absolute atomic E-state index is 12.5. The molecule has 1 unspecified atom stereocenters. The summed E-state index contributed by atoms with van der Waals surface area (Å²) in [5.74, 6) is -0.535. The number of esters is 1. The van der Waals surface area contributed by atoms with Crippen molar-refractivity contribution in [3.63, 3.8) is 0 Å². The molecular formula is C14H20N2O3S. The van der Waals surface area contributed by atoms with E-state index in [1.165, 1.54) is 6.42 Å². The van der Waals surface area contributed by atoms with Crippen molar-refractivity contribution in [2.45, 2.75) is 45.6 Å². The fourth-order valence-electron chi connectivity index (χ4n) is 2.38.